The van der Waals surface area contributed by atoms with Crippen molar-refractivity contribution in [3.63, 3.8) is 0 Å². The lowest BCUT2D eigenvalue weighted by Crippen LogP contribution is -2.26. The molecule has 0 saturated heterocycles. The predicted octanol–water partition coefficient (Wildman–Crippen LogP) is 3.10. The van der Waals surface area contributed by atoms with Crippen molar-refractivity contribution in [2.45, 2.75) is 26.3 Å². The number of hydrogen-bond donors (Lipinski definition) is 1. The fourth-order valence-electron chi connectivity index (χ4n) is 1.36. The molecule has 1 atom stereocenters. The fourth-order valence-corrected chi connectivity index (χ4v) is 1.72. The lowest BCUT2D eigenvalue weighted by atomic mass is 10.1. The van der Waals surface area contributed by atoms with Crippen molar-refractivity contribution in [2.24, 2.45) is 0 Å². The van der Waals surface area contributed by atoms with Crippen LogP contribution in [0.4, 0.5) is 4.39 Å². The minimum Gasteiger partial charge on any atom is -0.350 e. The maximum atomic E-state index is 13.3. The first-order valence-corrected chi connectivity index (χ1v) is 6.28. The highest BCUT2D eigenvalue weighted by Gasteiger charge is 2.10. The summed E-state index contributed by atoms with van der Waals surface area (Å²) in [5.74, 6) is -0.274. The zero-order valence-corrected chi connectivity index (χ0v) is 11.0. The first-order chi connectivity index (χ1) is 7.54. The lowest BCUT2D eigenvalue weighted by molar-refractivity contribution is -0.121. The van der Waals surface area contributed by atoms with Gasteiger partial charge in [0.05, 0.1) is 6.04 Å². The third-order valence-electron chi connectivity index (χ3n) is 2.39. The number of benzene rings is 1. The van der Waals surface area contributed by atoms with Gasteiger partial charge in [0, 0.05) is 11.8 Å². The summed E-state index contributed by atoms with van der Waals surface area (Å²) in [6.07, 6.45) is 0.429. The molecule has 1 aromatic carbocycles. The predicted molar refractivity (Wildman–Crippen MR) is 66.1 cm³/mol. The molecule has 0 aliphatic heterocycles. The van der Waals surface area contributed by atoms with E-state index in [0.717, 1.165) is 5.56 Å². The summed E-state index contributed by atoms with van der Waals surface area (Å²) in [6.45, 7) is 3.56. The molecule has 0 saturated carbocycles. The summed E-state index contributed by atoms with van der Waals surface area (Å²) in [7, 11) is 0. The normalized spacial score (nSPS) is 12.2. The quantitative estimate of drug-likeness (QED) is 0.847. The standard InChI is InChI=1S/C12H15BrFNO/c1-8-3-4-10(7-11(8)14)9(2)15-12(16)5-6-13/h3-4,7,9H,5-6H2,1-2H3,(H,15,16). The summed E-state index contributed by atoms with van der Waals surface area (Å²) in [5.41, 5.74) is 1.40. The molecule has 0 bridgehead atoms. The number of halogens is 2. The van der Waals surface area contributed by atoms with E-state index in [0.29, 0.717) is 17.3 Å². The Balaban J connectivity index is 2.69. The van der Waals surface area contributed by atoms with Crippen LogP contribution in [0.15, 0.2) is 18.2 Å². The minimum absolute atomic E-state index is 0.0367. The van der Waals surface area contributed by atoms with Gasteiger partial charge in [0.2, 0.25) is 5.91 Å². The summed E-state index contributed by atoms with van der Waals surface area (Å²) >= 11 is 3.20. The molecule has 4 heteroatoms. The third kappa shape index (κ3) is 3.59. The van der Waals surface area contributed by atoms with E-state index in [4.69, 9.17) is 0 Å². The second kappa shape index (κ2) is 5.99. The van der Waals surface area contributed by atoms with Gasteiger partial charge in [-0.05, 0) is 31.0 Å². The highest BCUT2D eigenvalue weighted by molar-refractivity contribution is 9.09. The molecule has 2 nitrogen and oxygen atoms in total. The number of hydrogen-bond acceptors (Lipinski definition) is 1. The van der Waals surface area contributed by atoms with E-state index in [1.54, 1.807) is 13.0 Å². The number of rotatable bonds is 4. The Morgan fingerprint density at radius 3 is 2.81 bits per heavy atom. The minimum atomic E-state index is -0.237. The zero-order valence-electron chi connectivity index (χ0n) is 9.39. The highest BCUT2D eigenvalue weighted by atomic mass is 79.9. The number of aryl methyl sites for hydroxylation is 1. The fraction of sp³-hybridized carbons (Fsp3) is 0.417. The molecule has 16 heavy (non-hydrogen) atoms. The van der Waals surface area contributed by atoms with E-state index in [1.807, 2.05) is 13.0 Å². The van der Waals surface area contributed by atoms with E-state index in [1.165, 1.54) is 6.07 Å². The largest absolute Gasteiger partial charge is 0.350 e. The van der Waals surface area contributed by atoms with Gasteiger partial charge >= 0.3 is 0 Å². The Morgan fingerprint density at radius 2 is 2.25 bits per heavy atom. The smallest absolute Gasteiger partial charge is 0.221 e. The highest BCUT2D eigenvalue weighted by Crippen LogP contribution is 2.16. The average Bonchev–Trinajstić information content (AvgIpc) is 2.22. The van der Waals surface area contributed by atoms with Crippen LogP contribution in [0.2, 0.25) is 0 Å². The first-order valence-electron chi connectivity index (χ1n) is 5.16. The van der Waals surface area contributed by atoms with E-state index >= 15 is 0 Å². The van der Waals surface area contributed by atoms with Gasteiger partial charge in [0.1, 0.15) is 5.82 Å². The van der Waals surface area contributed by atoms with Crippen molar-refractivity contribution < 1.29 is 9.18 Å². The molecule has 0 heterocycles. The van der Waals surface area contributed by atoms with Gasteiger partial charge in [-0.25, -0.2) is 4.39 Å². The molecule has 88 valence electrons. The van der Waals surface area contributed by atoms with E-state index in [9.17, 15) is 9.18 Å². The van der Waals surface area contributed by atoms with Crippen LogP contribution >= 0.6 is 15.9 Å². The van der Waals surface area contributed by atoms with Gasteiger partial charge in [-0.3, -0.25) is 4.79 Å². The second-order valence-electron chi connectivity index (χ2n) is 3.74. The van der Waals surface area contributed by atoms with E-state index in [2.05, 4.69) is 21.2 Å². The van der Waals surface area contributed by atoms with Gasteiger partial charge in [-0.15, -0.1) is 0 Å². The Hall–Kier alpha value is -0.900. The molecule has 0 radical (unpaired) electrons. The summed E-state index contributed by atoms with van der Waals surface area (Å²) in [6, 6.07) is 4.85. The van der Waals surface area contributed by atoms with Crippen LogP contribution in [0.3, 0.4) is 0 Å². The molecule has 1 amide bonds. The summed E-state index contributed by atoms with van der Waals surface area (Å²) in [5, 5.41) is 3.44. The molecule has 0 aromatic heterocycles. The molecule has 0 spiro atoms. The average molecular weight is 288 g/mol. The van der Waals surface area contributed by atoms with Gasteiger partial charge < -0.3 is 5.32 Å². The summed E-state index contributed by atoms with van der Waals surface area (Å²) in [4.78, 5) is 11.3. The van der Waals surface area contributed by atoms with Gasteiger partial charge in [-0.1, -0.05) is 28.1 Å². The van der Waals surface area contributed by atoms with Crippen LogP contribution in [0.25, 0.3) is 0 Å². The van der Waals surface area contributed by atoms with E-state index < -0.39 is 0 Å². The van der Waals surface area contributed by atoms with Crippen LogP contribution in [0.1, 0.15) is 30.5 Å². The summed E-state index contributed by atoms with van der Waals surface area (Å²) < 4.78 is 13.3. The molecule has 1 N–H and O–H groups in total. The van der Waals surface area contributed by atoms with Crippen molar-refractivity contribution in [1.82, 2.24) is 5.32 Å². The number of amides is 1. The number of alkyl halides is 1. The molecule has 0 aliphatic rings. The maximum absolute atomic E-state index is 13.3. The van der Waals surface area contributed by atoms with Gasteiger partial charge in [0.25, 0.3) is 0 Å². The van der Waals surface area contributed by atoms with Crippen molar-refractivity contribution in [2.75, 3.05) is 5.33 Å². The van der Waals surface area contributed by atoms with Crippen molar-refractivity contribution >= 4 is 21.8 Å². The maximum Gasteiger partial charge on any atom is 0.221 e. The molecule has 0 aliphatic carbocycles. The van der Waals surface area contributed by atoms with Crippen LogP contribution < -0.4 is 5.32 Å². The van der Waals surface area contributed by atoms with Gasteiger partial charge in [-0.2, -0.15) is 0 Å². The van der Waals surface area contributed by atoms with Crippen molar-refractivity contribution in [3.8, 4) is 0 Å². The topological polar surface area (TPSA) is 29.1 Å². The molecular weight excluding hydrogens is 273 g/mol. The monoisotopic (exact) mass is 287 g/mol. The Bertz CT molecular complexity index is 381. The van der Waals surface area contributed by atoms with Gasteiger partial charge in [0.15, 0.2) is 0 Å². The van der Waals surface area contributed by atoms with Crippen LogP contribution in [0, 0.1) is 12.7 Å². The Kier molecular flexibility index (Phi) is 4.93. The number of nitrogens with one attached hydrogen (secondary N) is 1. The zero-order chi connectivity index (χ0) is 12.1. The second-order valence-corrected chi connectivity index (χ2v) is 4.53. The number of carbonyl (C=O) groups excluding carboxylic acids is 1. The first kappa shape index (κ1) is 13.2. The molecule has 1 aromatic rings. The van der Waals surface area contributed by atoms with Crippen molar-refractivity contribution in [3.05, 3.63) is 35.1 Å². The van der Waals surface area contributed by atoms with Crippen LogP contribution in [-0.2, 0) is 4.79 Å². The van der Waals surface area contributed by atoms with E-state index in [-0.39, 0.29) is 17.8 Å². The Labute approximate surface area is 103 Å². The third-order valence-corrected chi connectivity index (χ3v) is 2.79. The molecule has 1 unspecified atom stereocenters. The van der Waals surface area contributed by atoms with Crippen LogP contribution in [0.5, 0.6) is 0 Å². The SMILES string of the molecule is Cc1ccc(C(C)NC(=O)CCBr)cc1F. The lowest BCUT2D eigenvalue weighted by Gasteiger charge is -2.14. The van der Waals surface area contributed by atoms with Crippen LogP contribution in [-0.4, -0.2) is 11.2 Å². The number of carbonyl (C=O) groups is 1. The Morgan fingerprint density at radius 1 is 1.56 bits per heavy atom. The van der Waals surface area contributed by atoms with Crippen molar-refractivity contribution in [1.29, 1.82) is 0 Å². The molecule has 1 rings (SSSR count). The molecular formula is C12H15BrFNO. The molecule has 0 fully saturated rings.